The summed E-state index contributed by atoms with van der Waals surface area (Å²) in [6.07, 6.45) is -4.84. The molecule has 84 valence electrons. The van der Waals surface area contributed by atoms with Gasteiger partial charge in [0.2, 0.25) is 0 Å². The Labute approximate surface area is 90.3 Å². The second kappa shape index (κ2) is 4.81. The fourth-order valence-corrected chi connectivity index (χ4v) is 1.02. The van der Waals surface area contributed by atoms with Gasteiger partial charge in [0.05, 0.1) is 6.54 Å². The van der Waals surface area contributed by atoms with E-state index in [-0.39, 0.29) is 6.54 Å². The summed E-state index contributed by atoms with van der Waals surface area (Å²) < 4.78 is 36.1. The van der Waals surface area contributed by atoms with Crippen LogP contribution in [0.25, 0.3) is 0 Å². The Morgan fingerprint density at radius 2 is 1.81 bits per heavy atom. The van der Waals surface area contributed by atoms with Gasteiger partial charge in [-0.1, -0.05) is 11.8 Å². The lowest BCUT2D eigenvalue weighted by molar-refractivity contribution is -0.0885. The van der Waals surface area contributed by atoms with Gasteiger partial charge in [-0.3, -0.25) is 4.79 Å². The third-order valence-corrected chi connectivity index (χ3v) is 1.74. The van der Waals surface area contributed by atoms with Crippen LogP contribution in [-0.4, -0.2) is 18.5 Å². The molecule has 0 spiro atoms. The molecule has 0 atom stereocenters. The third-order valence-electron chi connectivity index (χ3n) is 1.74. The molecule has 1 aromatic rings. The molecule has 0 aliphatic rings. The smallest absolute Gasteiger partial charge is 0.320 e. The van der Waals surface area contributed by atoms with Gasteiger partial charge in [0.1, 0.15) is 0 Å². The number of hydrogen-bond donors (Lipinski definition) is 1. The predicted octanol–water partition coefficient (Wildman–Crippen LogP) is 1.74. The number of nitrogens with two attached hydrogens (primary N) is 1. The van der Waals surface area contributed by atoms with Crippen LogP contribution in [0.2, 0.25) is 0 Å². The van der Waals surface area contributed by atoms with Gasteiger partial charge in [-0.2, -0.15) is 13.2 Å². The Morgan fingerprint density at radius 1 is 1.25 bits per heavy atom. The maximum atomic E-state index is 12.0. The van der Waals surface area contributed by atoms with Gasteiger partial charge in [0, 0.05) is 11.1 Å². The lowest BCUT2D eigenvalue weighted by Crippen LogP contribution is -2.22. The molecule has 1 rings (SSSR count). The van der Waals surface area contributed by atoms with Crippen LogP contribution in [-0.2, 0) is 0 Å². The van der Waals surface area contributed by atoms with Crippen molar-refractivity contribution in [2.24, 2.45) is 5.73 Å². The standard InChI is InChI=1S/C11H8F3NO/c12-11(13,14)10(16)9-5-3-8(4-6-9)2-1-7-15/h3-6H,7,15H2. The molecule has 0 saturated carbocycles. The number of rotatable bonds is 1. The Morgan fingerprint density at radius 3 is 2.25 bits per heavy atom. The number of halogens is 3. The van der Waals surface area contributed by atoms with Gasteiger partial charge in [-0.05, 0) is 24.3 Å². The summed E-state index contributed by atoms with van der Waals surface area (Å²) >= 11 is 0. The number of benzene rings is 1. The van der Waals surface area contributed by atoms with Crippen LogP contribution in [0.1, 0.15) is 15.9 Å². The second-order valence-corrected chi connectivity index (χ2v) is 2.91. The minimum absolute atomic E-state index is 0.170. The Hall–Kier alpha value is -1.80. The molecule has 0 unspecified atom stereocenters. The van der Waals surface area contributed by atoms with Crippen molar-refractivity contribution in [1.82, 2.24) is 0 Å². The zero-order chi connectivity index (χ0) is 12.2. The zero-order valence-electron chi connectivity index (χ0n) is 8.14. The van der Waals surface area contributed by atoms with Crippen LogP contribution in [0.3, 0.4) is 0 Å². The fraction of sp³-hybridized carbons (Fsp3) is 0.182. The number of carbonyl (C=O) groups excluding carboxylic acids is 1. The average Bonchev–Trinajstić information content (AvgIpc) is 2.25. The third kappa shape index (κ3) is 3.11. The number of Topliss-reactive ketones (excluding diaryl/α,β-unsaturated/α-hetero) is 1. The van der Waals surface area contributed by atoms with E-state index in [1.54, 1.807) is 0 Å². The molecule has 2 nitrogen and oxygen atoms in total. The summed E-state index contributed by atoms with van der Waals surface area (Å²) in [6.45, 7) is 0.170. The highest BCUT2D eigenvalue weighted by Crippen LogP contribution is 2.21. The van der Waals surface area contributed by atoms with Gasteiger partial charge in [0.15, 0.2) is 0 Å². The highest BCUT2D eigenvalue weighted by atomic mass is 19.4. The molecule has 5 heteroatoms. The quantitative estimate of drug-likeness (QED) is 0.586. The van der Waals surface area contributed by atoms with Gasteiger partial charge in [-0.25, -0.2) is 0 Å². The van der Waals surface area contributed by atoms with E-state index in [2.05, 4.69) is 11.8 Å². The summed E-state index contributed by atoms with van der Waals surface area (Å²) in [5, 5.41) is 0. The first-order valence-corrected chi connectivity index (χ1v) is 4.35. The molecule has 0 aliphatic carbocycles. The van der Waals surface area contributed by atoms with E-state index in [4.69, 9.17) is 5.73 Å². The van der Waals surface area contributed by atoms with Crippen molar-refractivity contribution in [2.45, 2.75) is 6.18 Å². The first-order chi connectivity index (χ1) is 7.45. The topological polar surface area (TPSA) is 43.1 Å². The summed E-state index contributed by atoms with van der Waals surface area (Å²) in [5.41, 5.74) is 5.26. The molecule has 2 N–H and O–H groups in total. The lowest BCUT2D eigenvalue weighted by atomic mass is 10.1. The van der Waals surface area contributed by atoms with Crippen molar-refractivity contribution in [2.75, 3.05) is 6.54 Å². The number of carbonyl (C=O) groups is 1. The van der Waals surface area contributed by atoms with Crippen molar-refractivity contribution in [3.05, 3.63) is 35.4 Å². The van der Waals surface area contributed by atoms with Crippen LogP contribution < -0.4 is 5.73 Å². The van der Waals surface area contributed by atoms with Gasteiger partial charge in [0.25, 0.3) is 5.78 Å². The molecule has 0 aromatic heterocycles. The van der Waals surface area contributed by atoms with E-state index in [9.17, 15) is 18.0 Å². The summed E-state index contributed by atoms with van der Waals surface area (Å²) in [6, 6.07) is 4.88. The van der Waals surface area contributed by atoms with E-state index in [0.717, 1.165) is 12.1 Å². The molecule has 0 amide bonds. The Balaban J connectivity index is 2.91. The van der Waals surface area contributed by atoms with Crippen molar-refractivity contribution in [3.8, 4) is 11.8 Å². The van der Waals surface area contributed by atoms with Gasteiger partial charge in [-0.15, -0.1) is 0 Å². The van der Waals surface area contributed by atoms with Crippen LogP contribution >= 0.6 is 0 Å². The number of alkyl halides is 3. The van der Waals surface area contributed by atoms with E-state index in [0.29, 0.717) is 5.56 Å². The minimum Gasteiger partial charge on any atom is -0.320 e. The molecule has 0 saturated heterocycles. The number of hydrogen-bond acceptors (Lipinski definition) is 2. The van der Waals surface area contributed by atoms with Crippen LogP contribution in [0.15, 0.2) is 24.3 Å². The molecule has 16 heavy (non-hydrogen) atoms. The minimum atomic E-state index is -4.84. The lowest BCUT2D eigenvalue weighted by Gasteiger charge is -2.04. The molecule has 0 radical (unpaired) electrons. The molecule has 0 aliphatic heterocycles. The molecule has 0 heterocycles. The first-order valence-electron chi connectivity index (χ1n) is 4.35. The predicted molar refractivity (Wildman–Crippen MR) is 52.8 cm³/mol. The maximum Gasteiger partial charge on any atom is 0.454 e. The van der Waals surface area contributed by atoms with Crippen molar-refractivity contribution < 1.29 is 18.0 Å². The molecular formula is C11H8F3NO. The zero-order valence-corrected chi connectivity index (χ0v) is 8.14. The molecule has 0 bridgehead atoms. The molecule has 1 aromatic carbocycles. The van der Waals surface area contributed by atoms with Crippen LogP contribution in [0, 0.1) is 11.8 Å². The largest absolute Gasteiger partial charge is 0.454 e. The maximum absolute atomic E-state index is 12.0. The highest BCUT2D eigenvalue weighted by Gasteiger charge is 2.38. The van der Waals surface area contributed by atoms with E-state index >= 15 is 0 Å². The monoisotopic (exact) mass is 227 g/mol. The van der Waals surface area contributed by atoms with Crippen LogP contribution in [0.5, 0.6) is 0 Å². The Bertz CT molecular complexity index is 437. The normalized spacial score (nSPS) is 10.5. The second-order valence-electron chi connectivity index (χ2n) is 2.91. The summed E-state index contributed by atoms with van der Waals surface area (Å²) in [4.78, 5) is 10.8. The molecule has 0 fully saturated rings. The van der Waals surface area contributed by atoms with Crippen molar-refractivity contribution >= 4 is 5.78 Å². The average molecular weight is 227 g/mol. The van der Waals surface area contributed by atoms with E-state index in [1.807, 2.05) is 0 Å². The van der Waals surface area contributed by atoms with Gasteiger partial charge < -0.3 is 5.73 Å². The SMILES string of the molecule is NCC#Cc1ccc(C(=O)C(F)(F)F)cc1. The Kier molecular flexibility index (Phi) is 3.69. The van der Waals surface area contributed by atoms with Crippen molar-refractivity contribution in [1.29, 1.82) is 0 Å². The van der Waals surface area contributed by atoms with Crippen molar-refractivity contribution in [3.63, 3.8) is 0 Å². The molecular weight excluding hydrogens is 219 g/mol. The number of ketones is 1. The van der Waals surface area contributed by atoms with Gasteiger partial charge >= 0.3 is 6.18 Å². The van der Waals surface area contributed by atoms with E-state index < -0.39 is 17.5 Å². The summed E-state index contributed by atoms with van der Waals surface area (Å²) in [5.74, 6) is 3.34. The van der Waals surface area contributed by atoms with Crippen LogP contribution in [0.4, 0.5) is 13.2 Å². The summed E-state index contributed by atoms with van der Waals surface area (Å²) in [7, 11) is 0. The van der Waals surface area contributed by atoms with E-state index in [1.165, 1.54) is 12.1 Å². The highest BCUT2D eigenvalue weighted by molar-refractivity contribution is 6.00. The fourth-order valence-electron chi connectivity index (χ4n) is 1.02. The first kappa shape index (κ1) is 12.3.